The fourth-order valence-electron chi connectivity index (χ4n) is 2.91. The second kappa shape index (κ2) is 8.73. The van der Waals surface area contributed by atoms with Crippen LogP contribution in [0.15, 0.2) is 17.2 Å². The molecule has 1 aromatic rings. The standard InChI is InChI=1S/C17H30N4O3S.ClH/c1-13(2)17(3,12-18)19-16(22)15-10-14(11-20(15)4)25(23,24)21-8-6-5-7-9-21;/h10-11,13H,5-9,12,18H2,1-4H3,(H,19,22);1H. The van der Waals surface area contributed by atoms with E-state index in [1.54, 1.807) is 11.6 Å². The Morgan fingerprint density at radius 1 is 1.31 bits per heavy atom. The molecule has 0 spiro atoms. The molecular weight excluding hydrogens is 376 g/mol. The summed E-state index contributed by atoms with van der Waals surface area (Å²) in [7, 11) is -1.88. The number of amides is 1. The van der Waals surface area contributed by atoms with E-state index in [0.717, 1.165) is 19.3 Å². The van der Waals surface area contributed by atoms with Crippen LogP contribution in [0, 0.1) is 5.92 Å². The van der Waals surface area contributed by atoms with Crippen LogP contribution in [-0.4, -0.2) is 48.4 Å². The molecule has 0 bridgehead atoms. The van der Waals surface area contributed by atoms with Crippen molar-refractivity contribution in [2.75, 3.05) is 19.6 Å². The molecule has 1 amide bonds. The Bertz CT molecular complexity index is 726. The predicted octanol–water partition coefficient (Wildman–Crippen LogP) is 1.72. The summed E-state index contributed by atoms with van der Waals surface area (Å²) in [6.45, 7) is 7.26. The normalized spacial score (nSPS) is 18.2. The molecule has 0 saturated carbocycles. The lowest BCUT2D eigenvalue weighted by molar-refractivity contribution is 0.0874. The number of nitrogens with two attached hydrogens (primary N) is 1. The van der Waals surface area contributed by atoms with Crippen LogP contribution in [0.5, 0.6) is 0 Å². The maximum atomic E-state index is 12.8. The maximum Gasteiger partial charge on any atom is 0.268 e. The smallest absolute Gasteiger partial charge is 0.268 e. The van der Waals surface area contributed by atoms with Gasteiger partial charge in [-0.05, 0) is 31.7 Å². The number of aryl methyl sites for hydroxylation is 1. The molecule has 1 aromatic heterocycles. The Kier molecular flexibility index (Phi) is 7.71. The van der Waals surface area contributed by atoms with Crippen molar-refractivity contribution in [1.82, 2.24) is 14.2 Å². The number of aromatic nitrogens is 1. The average molecular weight is 407 g/mol. The fraction of sp³-hybridized carbons (Fsp3) is 0.706. The third kappa shape index (κ3) is 4.60. The maximum absolute atomic E-state index is 12.8. The minimum absolute atomic E-state index is 0. The molecule has 3 N–H and O–H groups in total. The lowest BCUT2D eigenvalue weighted by atomic mass is 9.88. The first kappa shape index (κ1) is 23.0. The molecular formula is C17H31ClN4O3S. The molecule has 2 rings (SSSR count). The molecule has 150 valence electrons. The second-order valence-electron chi connectivity index (χ2n) is 7.37. The van der Waals surface area contributed by atoms with Crippen molar-refractivity contribution in [3.8, 4) is 0 Å². The van der Waals surface area contributed by atoms with Crippen LogP contribution in [0.2, 0.25) is 0 Å². The van der Waals surface area contributed by atoms with Crippen LogP contribution < -0.4 is 11.1 Å². The summed E-state index contributed by atoms with van der Waals surface area (Å²) in [4.78, 5) is 12.8. The number of halogens is 1. The summed E-state index contributed by atoms with van der Waals surface area (Å²) in [5, 5.41) is 2.95. The zero-order chi connectivity index (χ0) is 18.8. The zero-order valence-electron chi connectivity index (χ0n) is 16.0. The van der Waals surface area contributed by atoms with Crippen LogP contribution in [0.25, 0.3) is 0 Å². The summed E-state index contributed by atoms with van der Waals surface area (Å²) in [6.07, 6.45) is 4.32. The van der Waals surface area contributed by atoms with Crippen molar-refractivity contribution in [2.24, 2.45) is 18.7 Å². The lowest BCUT2D eigenvalue weighted by Crippen LogP contribution is -2.55. The SMILES string of the molecule is CC(C)C(C)(CN)NC(=O)c1cc(S(=O)(=O)N2CCCCC2)cn1C.Cl. The number of nitrogens with zero attached hydrogens (tertiary/aromatic N) is 2. The molecule has 7 nitrogen and oxygen atoms in total. The van der Waals surface area contributed by atoms with Crippen LogP contribution in [0.3, 0.4) is 0 Å². The van der Waals surface area contributed by atoms with Gasteiger partial charge in [0.25, 0.3) is 5.91 Å². The van der Waals surface area contributed by atoms with Gasteiger partial charge < -0.3 is 15.6 Å². The van der Waals surface area contributed by atoms with Crippen LogP contribution in [0.1, 0.15) is 50.5 Å². The first-order valence-corrected chi connectivity index (χ1v) is 10.2. The van der Waals surface area contributed by atoms with Gasteiger partial charge in [0.2, 0.25) is 10.0 Å². The van der Waals surface area contributed by atoms with E-state index in [2.05, 4.69) is 5.32 Å². The van der Waals surface area contributed by atoms with Gasteiger partial charge in [-0.3, -0.25) is 4.79 Å². The minimum atomic E-state index is -3.56. The first-order chi connectivity index (χ1) is 11.6. The Labute approximate surface area is 162 Å². The molecule has 1 fully saturated rings. The van der Waals surface area contributed by atoms with Gasteiger partial charge >= 0.3 is 0 Å². The predicted molar refractivity (Wildman–Crippen MR) is 105 cm³/mol. The van der Waals surface area contributed by atoms with Gasteiger partial charge in [-0.25, -0.2) is 8.42 Å². The summed E-state index contributed by atoms with van der Waals surface area (Å²) < 4.78 is 28.6. The third-order valence-electron chi connectivity index (χ3n) is 5.26. The molecule has 9 heteroatoms. The Morgan fingerprint density at radius 2 is 1.88 bits per heavy atom. The largest absolute Gasteiger partial charge is 0.345 e. The molecule has 1 saturated heterocycles. The quantitative estimate of drug-likeness (QED) is 0.751. The van der Waals surface area contributed by atoms with Gasteiger partial charge in [-0.1, -0.05) is 20.3 Å². The molecule has 0 aromatic carbocycles. The number of sulfonamides is 1. The Balaban J connectivity index is 0.00000338. The Hall–Kier alpha value is -1.09. The van der Waals surface area contributed by atoms with E-state index in [0.29, 0.717) is 25.3 Å². The molecule has 1 unspecified atom stereocenters. The van der Waals surface area contributed by atoms with E-state index in [1.807, 2.05) is 20.8 Å². The molecule has 1 atom stereocenters. The molecule has 26 heavy (non-hydrogen) atoms. The van der Waals surface area contributed by atoms with Gasteiger partial charge in [0.05, 0.1) is 5.54 Å². The first-order valence-electron chi connectivity index (χ1n) is 8.81. The van der Waals surface area contributed by atoms with Gasteiger partial charge in [0.1, 0.15) is 10.6 Å². The van der Waals surface area contributed by atoms with Crippen LogP contribution >= 0.6 is 12.4 Å². The van der Waals surface area contributed by atoms with Crippen LogP contribution in [0.4, 0.5) is 0 Å². The zero-order valence-corrected chi connectivity index (χ0v) is 17.6. The second-order valence-corrected chi connectivity index (χ2v) is 9.31. The van der Waals surface area contributed by atoms with E-state index in [9.17, 15) is 13.2 Å². The van der Waals surface area contributed by atoms with E-state index < -0.39 is 15.6 Å². The van der Waals surface area contributed by atoms with Crippen molar-refractivity contribution in [1.29, 1.82) is 0 Å². The van der Waals surface area contributed by atoms with Crippen molar-refractivity contribution in [3.63, 3.8) is 0 Å². The van der Waals surface area contributed by atoms with E-state index in [-0.39, 0.29) is 29.1 Å². The monoisotopic (exact) mass is 406 g/mol. The van der Waals surface area contributed by atoms with Crippen molar-refractivity contribution in [2.45, 2.75) is 50.5 Å². The average Bonchev–Trinajstić information content (AvgIpc) is 2.98. The topological polar surface area (TPSA) is 97.4 Å². The van der Waals surface area contributed by atoms with Gasteiger partial charge in [-0.2, -0.15) is 4.31 Å². The lowest BCUT2D eigenvalue weighted by Gasteiger charge is -2.33. The molecule has 0 radical (unpaired) electrons. The van der Waals surface area contributed by atoms with E-state index in [1.165, 1.54) is 16.6 Å². The number of hydrogen-bond acceptors (Lipinski definition) is 4. The van der Waals surface area contributed by atoms with Crippen molar-refractivity contribution < 1.29 is 13.2 Å². The van der Waals surface area contributed by atoms with Gasteiger partial charge in [-0.15, -0.1) is 12.4 Å². The van der Waals surface area contributed by atoms with E-state index >= 15 is 0 Å². The van der Waals surface area contributed by atoms with Gasteiger partial charge in [0, 0.05) is 32.9 Å². The number of piperidine rings is 1. The highest BCUT2D eigenvalue weighted by atomic mass is 35.5. The molecule has 1 aliphatic heterocycles. The number of hydrogen-bond donors (Lipinski definition) is 2. The highest BCUT2D eigenvalue weighted by Crippen LogP contribution is 2.23. The van der Waals surface area contributed by atoms with Crippen LogP contribution in [-0.2, 0) is 17.1 Å². The number of carbonyl (C=O) groups is 1. The number of carbonyl (C=O) groups excluding carboxylic acids is 1. The minimum Gasteiger partial charge on any atom is -0.345 e. The number of rotatable bonds is 6. The fourth-order valence-corrected chi connectivity index (χ4v) is 4.50. The summed E-state index contributed by atoms with van der Waals surface area (Å²) in [5.74, 6) is -0.164. The van der Waals surface area contributed by atoms with Crippen molar-refractivity contribution in [3.05, 3.63) is 18.0 Å². The summed E-state index contributed by atoms with van der Waals surface area (Å²) in [5.41, 5.74) is 5.59. The molecule has 0 aliphatic carbocycles. The van der Waals surface area contributed by atoms with E-state index in [4.69, 9.17) is 5.73 Å². The van der Waals surface area contributed by atoms with Crippen molar-refractivity contribution >= 4 is 28.3 Å². The molecule has 2 heterocycles. The summed E-state index contributed by atoms with van der Waals surface area (Å²) >= 11 is 0. The molecule has 1 aliphatic rings. The highest BCUT2D eigenvalue weighted by molar-refractivity contribution is 7.89. The van der Waals surface area contributed by atoms with Gasteiger partial charge in [0.15, 0.2) is 0 Å². The highest BCUT2D eigenvalue weighted by Gasteiger charge is 2.32. The summed E-state index contributed by atoms with van der Waals surface area (Å²) in [6, 6.07) is 1.45. The third-order valence-corrected chi connectivity index (χ3v) is 7.13. The number of nitrogens with one attached hydrogen (secondary N) is 1. The Morgan fingerprint density at radius 3 is 2.38 bits per heavy atom.